The van der Waals surface area contributed by atoms with Crippen LogP contribution in [0.1, 0.15) is 24.5 Å². The maximum Gasteiger partial charge on any atom is 0.246 e. The van der Waals surface area contributed by atoms with E-state index in [0.29, 0.717) is 13.0 Å². The van der Waals surface area contributed by atoms with E-state index in [9.17, 15) is 10.1 Å². The molecule has 4 nitrogen and oxygen atoms in total. The summed E-state index contributed by atoms with van der Waals surface area (Å²) in [6, 6.07) is 5.69. The summed E-state index contributed by atoms with van der Waals surface area (Å²) in [6.45, 7) is 2.49. The highest BCUT2D eigenvalue weighted by Crippen LogP contribution is 2.26. The van der Waals surface area contributed by atoms with Crippen molar-refractivity contribution in [2.75, 3.05) is 6.61 Å². The van der Waals surface area contributed by atoms with E-state index in [1.54, 1.807) is 13.0 Å². The van der Waals surface area contributed by atoms with E-state index < -0.39 is 0 Å². The summed E-state index contributed by atoms with van der Waals surface area (Å²) in [5.41, 5.74) is 2.24. The molecule has 1 heterocycles. The van der Waals surface area contributed by atoms with Crippen LogP contribution in [0.2, 0.25) is 0 Å². The molecule has 2 rings (SSSR count). The van der Waals surface area contributed by atoms with Gasteiger partial charge in [-0.25, -0.2) is 0 Å². The fraction of sp³-hybridized carbons (Fsp3) is 0.333. The van der Waals surface area contributed by atoms with Gasteiger partial charge in [-0.3, -0.25) is 10.1 Å². The summed E-state index contributed by atoms with van der Waals surface area (Å²) < 4.78 is 5.38. The van der Waals surface area contributed by atoms with Crippen molar-refractivity contribution in [3.63, 3.8) is 0 Å². The van der Waals surface area contributed by atoms with Gasteiger partial charge in [-0.2, -0.15) is 0 Å². The number of nitrogens with zero attached hydrogens (tertiary/aromatic N) is 1. The Hall–Kier alpha value is -1.84. The van der Waals surface area contributed by atoms with Gasteiger partial charge < -0.3 is 4.74 Å². The summed E-state index contributed by atoms with van der Waals surface area (Å²) in [4.78, 5) is 10.4. The van der Waals surface area contributed by atoms with Gasteiger partial charge in [0.05, 0.1) is 11.5 Å². The van der Waals surface area contributed by atoms with E-state index in [1.807, 2.05) is 18.2 Å². The van der Waals surface area contributed by atoms with Gasteiger partial charge >= 0.3 is 0 Å². The second kappa shape index (κ2) is 4.35. The van der Waals surface area contributed by atoms with Crippen LogP contribution in [-0.4, -0.2) is 11.5 Å². The topological polar surface area (TPSA) is 52.4 Å². The van der Waals surface area contributed by atoms with Crippen LogP contribution >= 0.6 is 0 Å². The average molecular weight is 219 g/mol. The number of nitro groups is 1. The monoisotopic (exact) mass is 219 g/mol. The highest BCUT2D eigenvalue weighted by Gasteiger charge is 2.13. The zero-order valence-electron chi connectivity index (χ0n) is 9.10. The molecule has 0 aromatic heterocycles. The molecule has 0 radical (unpaired) electrons. The predicted octanol–water partition coefficient (Wildman–Crippen LogP) is 2.65. The molecule has 4 heteroatoms. The Morgan fingerprint density at radius 1 is 1.62 bits per heavy atom. The van der Waals surface area contributed by atoms with Gasteiger partial charge in [-0.15, -0.1) is 0 Å². The lowest BCUT2D eigenvalue weighted by molar-refractivity contribution is -0.425. The Balaban J connectivity index is 2.31. The van der Waals surface area contributed by atoms with Crippen LogP contribution in [0, 0.1) is 10.1 Å². The molecular formula is C12H13NO3. The maximum absolute atomic E-state index is 10.7. The standard InChI is InChI=1S/C12H13NO3/c1-2-11(13(14)15)8-9-3-4-12-10(7-9)5-6-16-12/h3-4,7-8H,2,5-6H2,1H3. The molecule has 1 aromatic rings. The molecule has 0 amide bonds. The van der Waals surface area contributed by atoms with Crippen molar-refractivity contribution in [1.29, 1.82) is 0 Å². The van der Waals surface area contributed by atoms with Gasteiger partial charge in [0, 0.05) is 18.9 Å². The van der Waals surface area contributed by atoms with Crippen molar-refractivity contribution >= 4 is 6.08 Å². The van der Waals surface area contributed by atoms with Crippen LogP contribution in [0.15, 0.2) is 23.9 Å². The van der Waals surface area contributed by atoms with Crippen molar-refractivity contribution in [1.82, 2.24) is 0 Å². The first-order valence-electron chi connectivity index (χ1n) is 5.31. The molecule has 1 aromatic carbocycles. The highest BCUT2D eigenvalue weighted by molar-refractivity contribution is 5.55. The normalized spacial score (nSPS) is 14.4. The largest absolute Gasteiger partial charge is 0.493 e. The molecule has 1 aliphatic rings. The minimum atomic E-state index is -0.330. The lowest BCUT2D eigenvalue weighted by atomic mass is 10.1. The summed E-state index contributed by atoms with van der Waals surface area (Å²) in [7, 11) is 0. The summed E-state index contributed by atoms with van der Waals surface area (Å²) >= 11 is 0. The molecule has 0 atom stereocenters. The lowest BCUT2D eigenvalue weighted by Gasteiger charge is -2.00. The minimum absolute atomic E-state index is 0.235. The summed E-state index contributed by atoms with van der Waals surface area (Å²) in [5, 5.41) is 10.7. The van der Waals surface area contributed by atoms with Gasteiger partial charge in [0.1, 0.15) is 5.75 Å². The molecule has 1 aliphatic heterocycles. The molecule has 0 unspecified atom stereocenters. The first-order valence-corrected chi connectivity index (χ1v) is 5.31. The summed E-state index contributed by atoms with van der Waals surface area (Å²) in [6.07, 6.45) is 2.94. The van der Waals surface area contributed by atoms with E-state index in [2.05, 4.69) is 0 Å². The molecule has 84 valence electrons. The number of rotatable bonds is 3. The molecular weight excluding hydrogens is 206 g/mol. The van der Waals surface area contributed by atoms with Gasteiger partial charge in [-0.05, 0) is 23.3 Å². The van der Waals surface area contributed by atoms with Crippen LogP contribution in [-0.2, 0) is 6.42 Å². The Morgan fingerprint density at radius 3 is 3.12 bits per heavy atom. The zero-order valence-corrected chi connectivity index (χ0v) is 9.10. The number of ether oxygens (including phenoxy) is 1. The third-order valence-corrected chi connectivity index (χ3v) is 2.64. The average Bonchev–Trinajstić information content (AvgIpc) is 2.72. The molecule has 0 spiro atoms. The van der Waals surface area contributed by atoms with Crippen molar-refractivity contribution in [2.45, 2.75) is 19.8 Å². The third kappa shape index (κ3) is 2.05. The fourth-order valence-corrected chi connectivity index (χ4v) is 1.77. The number of benzene rings is 1. The molecule has 0 fully saturated rings. The predicted molar refractivity (Wildman–Crippen MR) is 60.9 cm³/mol. The highest BCUT2D eigenvalue weighted by atomic mass is 16.6. The zero-order chi connectivity index (χ0) is 11.5. The van der Waals surface area contributed by atoms with Gasteiger partial charge in [0.15, 0.2) is 0 Å². The summed E-state index contributed by atoms with van der Waals surface area (Å²) in [5.74, 6) is 0.899. The quantitative estimate of drug-likeness (QED) is 0.580. The SMILES string of the molecule is CCC(=Cc1ccc2c(c1)CCO2)[N+](=O)[O-]. The minimum Gasteiger partial charge on any atom is -0.493 e. The van der Waals surface area contributed by atoms with Crippen molar-refractivity contribution < 1.29 is 9.66 Å². The second-order valence-electron chi connectivity index (χ2n) is 3.71. The van der Waals surface area contributed by atoms with Gasteiger partial charge in [-0.1, -0.05) is 13.0 Å². The van der Waals surface area contributed by atoms with Crippen LogP contribution < -0.4 is 4.74 Å². The number of hydrogen-bond acceptors (Lipinski definition) is 3. The molecule has 0 bridgehead atoms. The first-order chi connectivity index (χ1) is 7.70. The Labute approximate surface area is 93.7 Å². The van der Waals surface area contributed by atoms with E-state index in [-0.39, 0.29) is 10.6 Å². The number of allylic oxidation sites excluding steroid dienone is 1. The Bertz CT molecular complexity index is 452. The third-order valence-electron chi connectivity index (χ3n) is 2.64. The molecule has 16 heavy (non-hydrogen) atoms. The lowest BCUT2D eigenvalue weighted by Crippen LogP contribution is -1.96. The number of hydrogen-bond donors (Lipinski definition) is 0. The molecule has 0 saturated heterocycles. The van der Waals surface area contributed by atoms with Crippen LogP contribution in [0.25, 0.3) is 6.08 Å². The van der Waals surface area contributed by atoms with Crippen LogP contribution in [0.3, 0.4) is 0 Å². The molecule has 0 N–H and O–H groups in total. The van der Waals surface area contributed by atoms with Crippen molar-refractivity contribution in [3.05, 3.63) is 45.1 Å². The Morgan fingerprint density at radius 2 is 2.44 bits per heavy atom. The van der Waals surface area contributed by atoms with E-state index in [1.165, 1.54) is 0 Å². The smallest absolute Gasteiger partial charge is 0.246 e. The first kappa shape index (κ1) is 10.7. The van der Waals surface area contributed by atoms with Crippen LogP contribution in [0.5, 0.6) is 5.75 Å². The van der Waals surface area contributed by atoms with Gasteiger partial charge in [0.2, 0.25) is 5.70 Å². The maximum atomic E-state index is 10.7. The number of fused-ring (bicyclic) bond motifs is 1. The molecule has 0 saturated carbocycles. The van der Waals surface area contributed by atoms with E-state index in [0.717, 1.165) is 23.3 Å². The van der Waals surface area contributed by atoms with Crippen molar-refractivity contribution in [3.8, 4) is 5.75 Å². The Kier molecular flexibility index (Phi) is 2.90. The van der Waals surface area contributed by atoms with Crippen LogP contribution in [0.4, 0.5) is 0 Å². The molecule has 0 aliphatic carbocycles. The van der Waals surface area contributed by atoms with E-state index in [4.69, 9.17) is 4.74 Å². The fourth-order valence-electron chi connectivity index (χ4n) is 1.77. The second-order valence-corrected chi connectivity index (χ2v) is 3.71. The van der Waals surface area contributed by atoms with Gasteiger partial charge in [0.25, 0.3) is 0 Å². The van der Waals surface area contributed by atoms with E-state index >= 15 is 0 Å². The van der Waals surface area contributed by atoms with Crippen molar-refractivity contribution in [2.24, 2.45) is 0 Å².